The van der Waals surface area contributed by atoms with Crippen LogP contribution in [0.15, 0.2) is 54.6 Å². The normalized spacial score (nSPS) is 11.5. The minimum absolute atomic E-state index is 0.114. The minimum atomic E-state index is -0.587. The van der Waals surface area contributed by atoms with Crippen LogP contribution in [-0.4, -0.2) is 36.4 Å². The molecule has 25 heavy (non-hydrogen) atoms. The molecule has 5 nitrogen and oxygen atoms in total. The molecule has 0 aliphatic carbocycles. The van der Waals surface area contributed by atoms with Crippen LogP contribution in [0.3, 0.4) is 0 Å². The van der Waals surface area contributed by atoms with Gasteiger partial charge in [0.2, 0.25) is 5.91 Å². The molecule has 0 saturated heterocycles. The topological polar surface area (TPSA) is 58.6 Å². The monoisotopic (exact) mass is 340 g/mol. The van der Waals surface area contributed by atoms with Crippen molar-refractivity contribution in [1.82, 2.24) is 10.2 Å². The molecule has 0 aliphatic rings. The average Bonchev–Trinajstić information content (AvgIpc) is 2.65. The highest BCUT2D eigenvalue weighted by molar-refractivity contribution is 5.87. The quantitative estimate of drug-likeness (QED) is 0.843. The molecule has 0 fully saturated rings. The number of carbonyl (C=O) groups excluding carboxylic acids is 2. The van der Waals surface area contributed by atoms with Gasteiger partial charge in [0.15, 0.2) is 6.61 Å². The Morgan fingerprint density at radius 1 is 1.08 bits per heavy atom. The van der Waals surface area contributed by atoms with Crippen LogP contribution in [0.2, 0.25) is 0 Å². The maximum Gasteiger partial charge on any atom is 0.261 e. The van der Waals surface area contributed by atoms with Crippen LogP contribution in [0.5, 0.6) is 5.75 Å². The van der Waals surface area contributed by atoms with Crippen molar-refractivity contribution < 1.29 is 14.3 Å². The predicted molar refractivity (Wildman–Crippen MR) is 97.2 cm³/mol. The first kappa shape index (κ1) is 18.5. The Morgan fingerprint density at radius 3 is 2.36 bits per heavy atom. The largest absolute Gasteiger partial charge is 0.484 e. The number of ether oxygens (including phenoxy) is 1. The van der Waals surface area contributed by atoms with Crippen LogP contribution in [0.1, 0.15) is 18.1 Å². The summed E-state index contributed by atoms with van der Waals surface area (Å²) in [4.78, 5) is 26.3. The van der Waals surface area contributed by atoms with Gasteiger partial charge in [-0.2, -0.15) is 0 Å². The third-order valence-corrected chi connectivity index (χ3v) is 4.12. The van der Waals surface area contributed by atoms with E-state index in [-0.39, 0.29) is 18.4 Å². The Bertz CT molecular complexity index is 716. The molecular weight excluding hydrogens is 316 g/mol. The van der Waals surface area contributed by atoms with Gasteiger partial charge in [-0.1, -0.05) is 42.5 Å². The van der Waals surface area contributed by atoms with Crippen molar-refractivity contribution >= 4 is 11.8 Å². The van der Waals surface area contributed by atoms with Crippen molar-refractivity contribution in [2.75, 3.05) is 13.7 Å². The van der Waals surface area contributed by atoms with Crippen molar-refractivity contribution in [3.05, 3.63) is 65.7 Å². The second-order valence-electron chi connectivity index (χ2n) is 5.84. The smallest absolute Gasteiger partial charge is 0.261 e. The van der Waals surface area contributed by atoms with E-state index in [2.05, 4.69) is 5.32 Å². The second-order valence-corrected chi connectivity index (χ2v) is 5.84. The van der Waals surface area contributed by atoms with Crippen molar-refractivity contribution in [3.8, 4) is 5.75 Å². The van der Waals surface area contributed by atoms with E-state index in [1.165, 1.54) is 0 Å². The van der Waals surface area contributed by atoms with E-state index in [1.54, 1.807) is 31.0 Å². The summed E-state index contributed by atoms with van der Waals surface area (Å²) >= 11 is 0. The van der Waals surface area contributed by atoms with Gasteiger partial charge in [0.25, 0.3) is 5.91 Å². The van der Waals surface area contributed by atoms with Crippen LogP contribution in [0, 0.1) is 6.92 Å². The van der Waals surface area contributed by atoms with Crippen LogP contribution in [-0.2, 0) is 16.1 Å². The molecular formula is C20H24N2O3. The third kappa shape index (κ3) is 5.08. The van der Waals surface area contributed by atoms with Crippen molar-refractivity contribution in [2.45, 2.75) is 26.4 Å². The zero-order valence-corrected chi connectivity index (χ0v) is 14.9. The number of carbonyl (C=O) groups is 2. The van der Waals surface area contributed by atoms with Gasteiger partial charge in [-0.05, 0) is 37.1 Å². The van der Waals surface area contributed by atoms with Gasteiger partial charge < -0.3 is 15.0 Å². The number of hydrogen-bond acceptors (Lipinski definition) is 3. The molecule has 132 valence electrons. The van der Waals surface area contributed by atoms with Crippen molar-refractivity contribution in [3.63, 3.8) is 0 Å². The van der Waals surface area contributed by atoms with E-state index in [0.29, 0.717) is 12.3 Å². The lowest BCUT2D eigenvalue weighted by atomic mass is 10.1. The van der Waals surface area contributed by atoms with Crippen molar-refractivity contribution in [2.24, 2.45) is 0 Å². The Kier molecular flexibility index (Phi) is 6.57. The number of nitrogens with one attached hydrogen (secondary N) is 1. The zero-order chi connectivity index (χ0) is 18.2. The molecule has 1 atom stereocenters. The summed E-state index contributed by atoms with van der Waals surface area (Å²) in [6, 6.07) is 16.4. The van der Waals surface area contributed by atoms with E-state index in [0.717, 1.165) is 11.1 Å². The van der Waals surface area contributed by atoms with Crippen LogP contribution >= 0.6 is 0 Å². The Hall–Kier alpha value is -2.82. The summed E-state index contributed by atoms with van der Waals surface area (Å²) in [5.74, 6) is 0.184. The molecule has 0 bridgehead atoms. The van der Waals surface area contributed by atoms with Gasteiger partial charge in [0, 0.05) is 13.6 Å². The first-order chi connectivity index (χ1) is 12.0. The fraction of sp³-hybridized carbons (Fsp3) is 0.300. The summed E-state index contributed by atoms with van der Waals surface area (Å²) in [5.41, 5.74) is 2.08. The molecule has 2 aromatic rings. The maximum absolute atomic E-state index is 12.7. The standard InChI is InChI=1S/C20H24N2O3/c1-15-9-7-8-10-17(15)13-22(16(2)20(24)21-3)19(23)14-25-18-11-5-4-6-12-18/h4-12,16H,13-14H2,1-3H3,(H,21,24)/t16-/m0/s1. The molecule has 5 heteroatoms. The molecule has 2 aromatic carbocycles. The molecule has 1 N–H and O–H groups in total. The van der Waals surface area contributed by atoms with Gasteiger partial charge in [0.1, 0.15) is 11.8 Å². The Labute approximate surface area is 148 Å². The maximum atomic E-state index is 12.7. The van der Waals surface area contributed by atoms with E-state index in [1.807, 2.05) is 49.4 Å². The molecule has 0 radical (unpaired) electrons. The first-order valence-electron chi connectivity index (χ1n) is 8.26. The summed E-state index contributed by atoms with van der Waals surface area (Å²) in [6.07, 6.45) is 0. The number of rotatable bonds is 7. The van der Waals surface area contributed by atoms with Gasteiger partial charge >= 0.3 is 0 Å². The SMILES string of the molecule is CNC(=O)[C@H](C)N(Cc1ccccc1C)C(=O)COc1ccccc1. The number of benzene rings is 2. The number of para-hydroxylation sites is 1. The number of hydrogen-bond donors (Lipinski definition) is 1. The highest BCUT2D eigenvalue weighted by Gasteiger charge is 2.26. The zero-order valence-electron chi connectivity index (χ0n) is 14.9. The number of amides is 2. The number of nitrogens with zero attached hydrogens (tertiary/aromatic N) is 1. The lowest BCUT2D eigenvalue weighted by Crippen LogP contribution is -2.48. The molecule has 0 heterocycles. The first-order valence-corrected chi connectivity index (χ1v) is 8.26. The van der Waals surface area contributed by atoms with Gasteiger partial charge in [-0.25, -0.2) is 0 Å². The summed E-state index contributed by atoms with van der Waals surface area (Å²) in [5, 5.41) is 2.60. The molecule has 0 saturated carbocycles. The van der Waals surface area contributed by atoms with E-state index in [4.69, 9.17) is 4.74 Å². The van der Waals surface area contributed by atoms with Gasteiger partial charge in [-0.3, -0.25) is 9.59 Å². The third-order valence-electron chi connectivity index (χ3n) is 4.12. The highest BCUT2D eigenvalue weighted by Crippen LogP contribution is 2.14. The molecule has 0 spiro atoms. The molecule has 0 unspecified atom stereocenters. The van der Waals surface area contributed by atoms with E-state index in [9.17, 15) is 9.59 Å². The predicted octanol–water partition coefficient (Wildman–Crippen LogP) is 2.54. The molecule has 0 aliphatic heterocycles. The van der Waals surface area contributed by atoms with Crippen LogP contribution in [0.4, 0.5) is 0 Å². The van der Waals surface area contributed by atoms with Crippen LogP contribution in [0.25, 0.3) is 0 Å². The second kappa shape index (κ2) is 8.87. The Balaban J connectivity index is 2.14. The highest BCUT2D eigenvalue weighted by atomic mass is 16.5. The van der Waals surface area contributed by atoms with E-state index < -0.39 is 6.04 Å². The average molecular weight is 340 g/mol. The van der Waals surface area contributed by atoms with Crippen molar-refractivity contribution in [1.29, 1.82) is 0 Å². The summed E-state index contributed by atoms with van der Waals surface area (Å²) < 4.78 is 5.56. The number of likely N-dealkylation sites (N-methyl/N-ethyl adjacent to an activating group) is 1. The molecule has 2 amide bonds. The lowest BCUT2D eigenvalue weighted by Gasteiger charge is -2.28. The molecule has 2 rings (SSSR count). The fourth-order valence-corrected chi connectivity index (χ4v) is 2.51. The summed E-state index contributed by atoms with van der Waals surface area (Å²) in [6.45, 7) is 3.95. The van der Waals surface area contributed by atoms with Gasteiger partial charge in [-0.15, -0.1) is 0 Å². The minimum Gasteiger partial charge on any atom is -0.484 e. The fourth-order valence-electron chi connectivity index (χ4n) is 2.51. The van der Waals surface area contributed by atoms with Crippen LogP contribution < -0.4 is 10.1 Å². The van der Waals surface area contributed by atoms with Gasteiger partial charge in [0.05, 0.1) is 0 Å². The number of aryl methyl sites for hydroxylation is 1. The van der Waals surface area contributed by atoms with E-state index >= 15 is 0 Å². The Morgan fingerprint density at radius 2 is 1.72 bits per heavy atom. The summed E-state index contributed by atoms with van der Waals surface area (Å²) in [7, 11) is 1.57. The lowest BCUT2D eigenvalue weighted by molar-refractivity contribution is -0.142. The molecule has 0 aromatic heterocycles.